The normalized spacial score (nSPS) is 10.2. The topological polar surface area (TPSA) is 94.5 Å². The van der Waals surface area contributed by atoms with Crippen LogP contribution in [0.1, 0.15) is 23.2 Å². The third-order valence-electron chi connectivity index (χ3n) is 3.06. The van der Waals surface area contributed by atoms with Gasteiger partial charge in [-0.05, 0) is 30.7 Å². The Balaban J connectivity index is 2.03. The van der Waals surface area contributed by atoms with Gasteiger partial charge >= 0.3 is 0 Å². The number of carbonyl (C=O) groups excluding carboxylic acids is 1. The highest BCUT2D eigenvalue weighted by atomic mass is 16.1. The Morgan fingerprint density at radius 3 is 2.74 bits per heavy atom. The fourth-order valence-electron chi connectivity index (χ4n) is 1.98. The molecule has 0 saturated carbocycles. The lowest BCUT2D eigenvalue weighted by atomic mass is 10.1. The largest absolute Gasteiger partial charge is 0.307 e. The second-order valence-electron chi connectivity index (χ2n) is 4.86. The Morgan fingerprint density at radius 2 is 2.09 bits per heavy atom. The minimum absolute atomic E-state index is 0.285. The number of carbonyl (C=O) groups is 1. The molecule has 114 valence electrons. The van der Waals surface area contributed by atoms with Crippen molar-refractivity contribution in [2.24, 2.45) is 0 Å². The van der Waals surface area contributed by atoms with Crippen LogP contribution in [0.2, 0.25) is 0 Å². The molecule has 0 bridgehead atoms. The summed E-state index contributed by atoms with van der Waals surface area (Å²) in [4.78, 5) is 12.0. The van der Waals surface area contributed by atoms with E-state index in [1.54, 1.807) is 41.1 Å². The predicted octanol–water partition coefficient (Wildman–Crippen LogP) is 2.63. The van der Waals surface area contributed by atoms with Crippen LogP contribution in [-0.4, -0.2) is 15.7 Å². The summed E-state index contributed by atoms with van der Waals surface area (Å²) in [7, 11) is 0. The first-order valence-corrected chi connectivity index (χ1v) is 7.03. The fourth-order valence-corrected chi connectivity index (χ4v) is 1.98. The highest BCUT2D eigenvalue weighted by Crippen LogP contribution is 2.11. The van der Waals surface area contributed by atoms with Crippen molar-refractivity contribution in [1.82, 2.24) is 9.78 Å². The van der Waals surface area contributed by atoms with Gasteiger partial charge in [0.05, 0.1) is 36.4 Å². The van der Waals surface area contributed by atoms with Crippen LogP contribution in [0.3, 0.4) is 0 Å². The molecule has 0 fully saturated rings. The van der Waals surface area contributed by atoms with Gasteiger partial charge in [-0.2, -0.15) is 15.6 Å². The molecule has 0 aliphatic heterocycles. The Bertz CT molecular complexity index is 803. The van der Waals surface area contributed by atoms with Gasteiger partial charge in [0.2, 0.25) is 5.91 Å². The van der Waals surface area contributed by atoms with Crippen molar-refractivity contribution in [3.05, 3.63) is 53.2 Å². The molecule has 1 amide bonds. The lowest BCUT2D eigenvalue weighted by Gasteiger charge is -2.05. The van der Waals surface area contributed by atoms with Crippen LogP contribution in [0, 0.1) is 29.6 Å². The third kappa shape index (κ3) is 4.55. The van der Waals surface area contributed by atoms with Crippen molar-refractivity contribution in [3.63, 3.8) is 0 Å². The average molecular weight is 305 g/mol. The lowest BCUT2D eigenvalue weighted by Crippen LogP contribution is -2.13. The predicted molar refractivity (Wildman–Crippen MR) is 86.0 cm³/mol. The molecule has 1 heterocycles. The maximum atomic E-state index is 12.0. The van der Waals surface area contributed by atoms with E-state index in [0.29, 0.717) is 24.3 Å². The summed E-state index contributed by atoms with van der Waals surface area (Å²) in [6, 6.07) is 12.8. The molecule has 23 heavy (non-hydrogen) atoms. The maximum absolute atomic E-state index is 12.0. The van der Waals surface area contributed by atoms with Crippen molar-refractivity contribution < 1.29 is 4.79 Å². The van der Waals surface area contributed by atoms with Crippen molar-refractivity contribution >= 4 is 17.8 Å². The van der Waals surface area contributed by atoms with Crippen LogP contribution < -0.4 is 5.32 Å². The van der Waals surface area contributed by atoms with E-state index in [-0.39, 0.29) is 5.91 Å². The fraction of sp³-hybridized carbons (Fsp3) is 0.176. The standard InChI is InChI=1S/C17H15N5O/c1-13-11-16(22(21-13)10-2-9-18)20-17(23)8-7-14-3-5-15(12-19)6-4-14/h3-8,11H,2,10H2,1H3,(H,20,23)/b8-7-. The number of hydrogen-bond donors (Lipinski definition) is 1. The number of rotatable bonds is 5. The van der Waals surface area contributed by atoms with Gasteiger partial charge in [-0.1, -0.05) is 12.1 Å². The van der Waals surface area contributed by atoms with E-state index in [1.807, 2.05) is 13.0 Å². The van der Waals surface area contributed by atoms with Crippen molar-refractivity contribution in [2.75, 3.05) is 5.32 Å². The second kappa shape index (κ2) is 7.58. The molecular formula is C17H15N5O. The zero-order valence-corrected chi connectivity index (χ0v) is 12.7. The molecule has 0 radical (unpaired) electrons. The summed E-state index contributed by atoms with van der Waals surface area (Å²) >= 11 is 0. The van der Waals surface area contributed by atoms with E-state index in [2.05, 4.69) is 16.5 Å². The average Bonchev–Trinajstić information content (AvgIpc) is 2.90. The van der Waals surface area contributed by atoms with Gasteiger partial charge < -0.3 is 5.32 Å². The zero-order valence-electron chi connectivity index (χ0n) is 12.7. The van der Waals surface area contributed by atoms with E-state index in [1.165, 1.54) is 6.08 Å². The first-order valence-electron chi connectivity index (χ1n) is 7.03. The minimum Gasteiger partial charge on any atom is -0.307 e. The molecule has 0 spiro atoms. The van der Waals surface area contributed by atoms with Gasteiger partial charge in [-0.3, -0.25) is 4.79 Å². The Hall–Kier alpha value is -3.38. The first-order chi connectivity index (χ1) is 11.1. The smallest absolute Gasteiger partial charge is 0.249 e. The highest BCUT2D eigenvalue weighted by Gasteiger charge is 2.07. The number of anilines is 1. The molecule has 0 unspecified atom stereocenters. The molecule has 6 heteroatoms. The lowest BCUT2D eigenvalue weighted by molar-refractivity contribution is -0.111. The summed E-state index contributed by atoms with van der Waals surface area (Å²) in [5.74, 6) is 0.277. The van der Waals surface area contributed by atoms with Crippen LogP contribution in [0.25, 0.3) is 6.08 Å². The monoisotopic (exact) mass is 305 g/mol. The van der Waals surface area contributed by atoms with E-state index in [4.69, 9.17) is 10.5 Å². The molecular weight excluding hydrogens is 290 g/mol. The highest BCUT2D eigenvalue weighted by molar-refractivity contribution is 6.01. The number of aromatic nitrogens is 2. The Kier molecular flexibility index (Phi) is 5.27. The van der Waals surface area contributed by atoms with Crippen molar-refractivity contribution in [1.29, 1.82) is 10.5 Å². The van der Waals surface area contributed by atoms with Gasteiger partial charge in [0.15, 0.2) is 0 Å². The van der Waals surface area contributed by atoms with E-state index in [9.17, 15) is 4.79 Å². The summed E-state index contributed by atoms with van der Waals surface area (Å²) in [6.45, 7) is 2.25. The minimum atomic E-state index is -0.285. The molecule has 2 rings (SSSR count). The van der Waals surface area contributed by atoms with Gasteiger partial charge in [-0.15, -0.1) is 0 Å². The van der Waals surface area contributed by atoms with Gasteiger partial charge in [0.1, 0.15) is 5.82 Å². The van der Waals surface area contributed by atoms with E-state index >= 15 is 0 Å². The van der Waals surface area contributed by atoms with Gasteiger partial charge in [0, 0.05) is 12.1 Å². The molecule has 1 aromatic carbocycles. The zero-order chi connectivity index (χ0) is 16.7. The molecule has 0 atom stereocenters. The van der Waals surface area contributed by atoms with Crippen LogP contribution in [0.4, 0.5) is 5.82 Å². The quantitative estimate of drug-likeness (QED) is 0.859. The van der Waals surface area contributed by atoms with Crippen LogP contribution >= 0.6 is 0 Å². The molecule has 0 aliphatic carbocycles. The molecule has 1 aromatic heterocycles. The Morgan fingerprint density at radius 1 is 1.35 bits per heavy atom. The Labute approximate surface area is 134 Å². The summed E-state index contributed by atoms with van der Waals surface area (Å²) < 4.78 is 1.60. The summed E-state index contributed by atoms with van der Waals surface area (Å²) in [5.41, 5.74) is 2.17. The number of nitriles is 2. The van der Waals surface area contributed by atoms with Gasteiger partial charge in [-0.25, -0.2) is 4.68 Å². The van der Waals surface area contributed by atoms with Crippen molar-refractivity contribution in [2.45, 2.75) is 19.9 Å². The molecule has 1 N–H and O–H groups in total. The molecule has 0 saturated heterocycles. The van der Waals surface area contributed by atoms with Crippen LogP contribution in [0.15, 0.2) is 36.4 Å². The van der Waals surface area contributed by atoms with Crippen LogP contribution in [-0.2, 0) is 11.3 Å². The first kappa shape index (κ1) is 16.0. The SMILES string of the molecule is Cc1cc(NC(=O)/C=C\c2ccc(C#N)cc2)n(CCC#N)n1. The van der Waals surface area contributed by atoms with Crippen LogP contribution in [0.5, 0.6) is 0 Å². The maximum Gasteiger partial charge on any atom is 0.249 e. The number of aryl methyl sites for hydroxylation is 2. The third-order valence-corrected chi connectivity index (χ3v) is 3.06. The second-order valence-corrected chi connectivity index (χ2v) is 4.86. The number of nitrogens with zero attached hydrogens (tertiary/aromatic N) is 4. The van der Waals surface area contributed by atoms with E-state index in [0.717, 1.165) is 11.3 Å². The summed E-state index contributed by atoms with van der Waals surface area (Å²) in [5, 5.41) is 24.4. The molecule has 2 aromatic rings. The van der Waals surface area contributed by atoms with Crippen molar-refractivity contribution in [3.8, 4) is 12.1 Å². The molecule has 0 aliphatic rings. The van der Waals surface area contributed by atoms with Gasteiger partial charge in [0.25, 0.3) is 0 Å². The summed E-state index contributed by atoms with van der Waals surface area (Å²) in [6.07, 6.45) is 3.41. The molecule has 6 nitrogen and oxygen atoms in total. The number of amides is 1. The van der Waals surface area contributed by atoms with E-state index < -0.39 is 0 Å². The number of benzene rings is 1. The number of nitrogens with one attached hydrogen (secondary N) is 1. The number of hydrogen-bond acceptors (Lipinski definition) is 4.